The Morgan fingerprint density at radius 1 is 0.825 bits per heavy atom. The second-order valence-electron chi connectivity index (χ2n) is 20.5. The quantitative estimate of drug-likeness (QED) is 0.0587. The van der Waals surface area contributed by atoms with Crippen molar-refractivity contribution in [1.29, 1.82) is 0 Å². The van der Waals surface area contributed by atoms with Gasteiger partial charge in [0.15, 0.2) is 16.0 Å². The predicted molar refractivity (Wildman–Crippen MR) is 254 cm³/mol. The third kappa shape index (κ3) is 8.85. The van der Waals surface area contributed by atoms with Crippen LogP contribution in [0.2, 0.25) is 15.3 Å². The molecule has 334 valence electrons. The van der Waals surface area contributed by atoms with Crippen molar-refractivity contribution in [1.82, 2.24) is 25.0 Å². The number of carbonyl (C=O) groups is 1. The van der Waals surface area contributed by atoms with Crippen molar-refractivity contribution < 1.29 is 18.7 Å². The van der Waals surface area contributed by atoms with Crippen LogP contribution >= 0.6 is 23.2 Å². The number of benzene rings is 2. The first-order valence-electron chi connectivity index (χ1n) is 22.3. The number of nitrogens with zero attached hydrogens (tertiary/aromatic N) is 5. The average molecular weight is 910 g/mol. The van der Waals surface area contributed by atoms with Crippen LogP contribution in [0, 0.1) is 30.1 Å². The van der Waals surface area contributed by atoms with Crippen molar-refractivity contribution in [2.24, 2.45) is 16.2 Å². The lowest BCUT2D eigenvalue weighted by atomic mass is 9.39. The highest BCUT2D eigenvalue weighted by Crippen LogP contribution is 2.72. The maximum atomic E-state index is 13.3. The zero-order chi connectivity index (χ0) is 44.8. The average Bonchev–Trinajstić information content (AvgIpc) is 3.58. The molecule has 2 atom stereocenters. The highest BCUT2D eigenvalue weighted by Gasteiger charge is 2.66. The molecule has 13 heteroatoms. The summed E-state index contributed by atoms with van der Waals surface area (Å²) < 4.78 is 22.0. The predicted octanol–water partition coefficient (Wildman–Crippen LogP) is 10.2. The van der Waals surface area contributed by atoms with E-state index < -0.39 is 14.3 Å². The molecule has 4 fully saturated rings. The summed E-state index contributed by atoms with van der Waals surface area (Å²) in [6.45, 7) is 18.4. The van der Waals surface area contributed by atoms with Crippen molar-refractivity contribution in [2.45, 2.75) is 117 Å². The first kappa shape index (κ1) is 45.4. The highest BCUT2D eigenvalue weighted by molar-refractivity contribution is 6.99. The lowest BCUT2D eigenvalue weighted by molar-refractivity contribution is -0.249. The first-order chi connectivity index (χ1) is 29.9. The Hall–Kier alpha value is -4.13. The molecule has 3 aromatic heterocycles. The normalized spacial score (nSPS) is 24.2. The van der Waals surface area contributed by atoms with Crippen molar-refractivity contribution in [2.75, 3.05) is 32.2 Å². The number of nitrogens with one attached hydrogen (secondary N) is 1. The van der Waals surface area contributed by atoms with Crippen LogP contribution in [0.5, 0.6) is 0 Å². The molecule has 4 aliphatic rings. The molecule has 0 saturated heterocycles. The Balaban J connectivity index is 0.990. The summed E-state index contributed by atoms with van der Waals surface area (Å²) in [6.07, 6.45) is 9.90. The minimum absolute atomic E-state index is 0.0167. The van der Waals surface area contributed by atoms with Crippen LogP contribution in [0.3, 0.4) is 0 Å². The summed E-state index contributed by atoms with van der Waals surface area (Å²) >= 11 is 12.5. The number of methoxy groups -OCH3 is 1. The van der Waals surface area contributed by atoms with Gasteiger partial charge in [-0.15, -0.1) is 10.2 Å². The van der Waals surface area contributed by atoms with Crippen LogP contribution in [0.4, 0.5) is 5.82 Å². The Bertz CT molecular complexity index is 2400. The highest BCUT2D eigenvalue weighted by atomic mass is 35.5. The fraction of sp³-hybridized carbons (Fsp3) is 0.500. The van der Waals surface area contributed by atoms with Crippen molar-refractivity contribution in [3.63, 3.8) is 0 Å². The van der Waals surface area contributed by atoms with E-state index in [1.165, 1.54) is 23.9 Å². The maximum Gasteiger partial charge on any atom is 0.357 e. The number of ether oxygens (including phenoxy) is 2. The number of hydrogen-bond donors (Lipinski definition) is 1. The zero-order valence-electron chi connectivity index (χ0n) is 38.1. The summed E-state index contributed by atoms with van der Waals surface area (Å²) in [4.78, 5) is 18.0. The number of carbonyl (C=O) groups excluding carboxylic acids is 1. The van der Waals surface area contributed by atoms with Gasteiger partial charge in [-0.1, -0.05) is 118 Å². The number of hydrogen-bond acceptors (Lipinski definition) is 9. The van der Waals surface area contributed by atoms with E-state index >= 15 is 0 Å². The van der Waals surface area contributed by atoms with Gasteiger partial charge in [0.05, 0.1) is 32.1 Å². The van der Waals surface area contributed by atoms with Gasteiger partial charge < -0.3 is 19.2 Å². The molecule has 0 amide bonds. The van der Waals surface area contributed by atoms with Gasteiger partial charge in [0.2, 0.25) is 0 Å². The van der Waals surface area contributed by atoms with Gasteiger partial charge in [0, 0.05) is 29.9 Å². The molecule has 9 rings (SSSR count). The fourth-order valence-corrected chi connectivity index (χ4v) is 17.8. The van der Waals surface area contributed by atoms with E-state index in [-0.39, 0.29) is 32.6 Å². The first-order valence-corrected chi connectivity index (χ1v) is 25.0. The minimum atomic E-state index is -2.68. The Morgan fingerprint density at radius 3 is 2.08 bits per heavy atom. The van der Waals surface area contributed by atoms with Crippen molar-refractivity contribution in [3.05, 3.63) is 112 Å². The molecule has 63 heavy (non-hydrogen) atoms. The van der Waals surface area contributed by atoms with Gasteiger partial charge in [-0.25, -0.2) is 9.78 Å². The van der Waals surface area contributed by atoms with E-state index in [2.05, 4.69) is 122 Å². The van der Waals surface area contributed by atoms with Crippen LogP contribution in [0.1, 0.15) is 107 Å². The Labute approximate surface area is 384 Å². The van der Waals surface area contributed by atoms with E-state index in [0.717, 1.165) is 67.5 Å². The second-order valence-corrected chi connectivity index (χ2v) is 25.5. The molecule has 2 aromatic carbocycles. The topological polar surface area (TPSA) is 113 Å². The lowest BCUT2D eigenvalue weighted by Crippen LogP contribution is -2.67. The summed E-state index contributed by atoms with van der Waals surface area (Å²) in [6, 6.07) is 25.6. The molecular formula is C50H62Cl2N6O4Si. The van der Waals surface area contributed by atoms with Crippen molar-refractivity contribution in [3.8, 4) is 11.1 Å². The Morgan fingerprint density at radius 2 is 1.46 bits per heavy atom. The molecule has 4 bridgehead atoms. The van der Waals surface area contributed by atoms with E-state index in [9.17, 15) is 4.79 Å². The molecule has 3 heterocycles. The molecule has 4 saturated carbocycles. The van der Waals surface area contributed by atoms with Gasteiger partial charge in [0.1, 0.15) is 5.82 Å². The third-order valence-electron chi connectivity index (χ3n) is 14.2. The number of aromatic nitrogens is 5. The molecule has 1 N–H and O–H groups in total. The molecule has 4 aliphatic carbocycles. The molecule has 5 aromatic rings. The lowest BCUT2D eigenvalue weighted by Gasteiger charge is -2.69. The van der Waals surface area contributed by atoms with Crippen LogP contribution in [-0.4, -0.2) is 71.7 Å². The number of rotatable bonds is 16. The summed E-state index contributed by atoms with van der Waals surface area (Å²) in [7, 11) is -1.30. The van der Waals surface area contributed by atoms with E-state index in [4.69, 9.17) is 47.2 Å². The number of esters is 1. The maximum absolute atomic E-state index is 13.3. The van der Waals surface area contributed by atoms with Crippen LogP contribution in [0.25, 0.3) is 11.1 Å². The zero-order valence-corrected chi connectivity index (χ0v) is 40.6. The van der Waals surface area contributed by atoms with E-state index in [0.29, 0.717) is 47.9 Å². The smallest absolute Gasteiger partial charge is 0.357 e. The molecule has 0 aliphatic heterocycles. The van der Waals surface area contributed by atoms with Gasteiger partial charge in [-0.2, -0.15) is 5.10 Å². The number of anilines is 1. The van der Waals surface area contributed by atoms with Crippen molar-refractivity contribution >= 4 is 53.7 Å². The molecule has 0 spiro atoms. The number of halogens is 2. The third-order valence-corrected chi connectivity index (χ3v) is 19.9. The van der Waals surface area contributed by atoms with Crippen LogP contribution < -0.4 is 15.7 Å². The number of pyridine rings is 1. The largest absolute Gasteiger partial charge is 0.464 e. The summed E-state index contributed by atoms with van der Waals surface area (Å²) in [5.74, 6) is 0.0795. The SMILES string of the molecule is COC(=O)c1nc(NCCCc2c(Cl)nnc(Cl)c2C)ccc1-c1cnn(CC23CC4(C)CC(C)(C2)CC(OCCO[Si](c2ccccc2)(c2ccccc2)C(C)(C)C)(C4)C3)c1C. The molecule has 10 nitrogen and oxygen atoms in total. The Kier molecular flexibility index (Phi) is 12.5. The van der Waals surface area contributed by atoms with E-state index in [1.54, 1.807) is 0 Å². The van der Waals surface area contributed by atoms with Gasteiger partial charge in [0.25, 0.3) is 8.32 Å². The van der Waals surface area contributed by atoms with Crippen LogP contribution in [-0.2, 0) is 26.9 Å². The van der Waals surface area contributed by atoms with Crippen LogP contribution in [0.15, 0.2) is 79.0 Å². The summed E-state index contributed by atoms with van der Waals surface area (Å²) in [5.41, 5.74) is 4.65. The fourth-order valence-electron chi connectivity index (χ4n) is 12.9. The second kappa shape index (κ2) is 17.3. The van der Waals surface area contributed by atoms with Gasteiger partial charge in [-0.05, 0) is 120 Å². The molecule has 0 radical (unpaired) electrons. The van der Waals surface area contributed by atoms with Gasteiger partial charge in [-0.3, -0.25) is 4.68 Å². The molecule has 2 unspecified atom stereocenters. The van der Waals surface area contributed by atoms with E-state index in [1.807, 2.05) is 25.3 Å². The minimum Gasteiger partial charge on any atom is -0.464 e. The molecular weight excluding hydrogens is 848 g/mol. The standard InChI is InChI=1S/C50H62Cl2N6O4Si/c1-34-38(44(52)57-56-43(34)51)20-15-23-53-41-22-21-39(42(55-41)45(59)60-8)40-26-54-58(35(40)2)33-49-28-47(6)27-48(7,29-49)31-50(30-47,32-49)61-24-25-62-63(46(3,4)5,36-16-11-9-12-17-36)37-18-13-10-14-19-37/h9-14,16-19,21-22,26H,15,20,23-25,27-33H2,1-8H3,(H,53,55). The van der Waals surface area contributed by atoms with Gasteiger partial charge >= 0.3 is 5.97 Å². The summed E-state index contributed by atoms with van der Waals surface area (Å²) in [5, 5.41) is 19.4. The monoisotopic (exact) mass is 908 g/mol.